The molecule has 0 fully saturated rings. The summed E-state index contributed by atoms with van der Waals surface area (Å²) in [5.74, 6) is -0.675. The molecule has 0 unspecified atom stereocenters. The van der Waals surface area contributed by atoms with Gasteiger partial charge < -0.3 is 26.6 Å². The number of amides is 1. The van der Waals surface area contributed by atoms with Crippen molar-refractivity contribution in [2.45, 2.75) is 18.0 Å². The van der Waals surface area contributed by atoms with E-state index in [1.165, 1.54) is 19.1 Å². The lowest BCUT2D eigenvalue weighted by atomic mass is 10.1. The van der Waals surface area contributed by atoms with Crippen LogP contribution in [0.2, 0.25) is 0 Å². The zero-order valence-electron chi connectivity index (χ0n) is 17.7. The molecule has 1 amide bonds. The molecule has 0 atom stereocenters. The summed E-state index contributed by atoms with van der Waals surface area (Å²) >= 11 is 0. The Morgan fingerprint density at radius 3 is 2.26 bits per heavy atom. The lowest BCUT2D eigenvalue weighted by molar-refractivity contribution is -0.136. The Kier molecular flexibility index (Phi) is 8.31. The summed E-state index contributed by atoms with van der Waals surface area (Å²) in [6.07, 6.45) is -4.52. The van der Waals surface area contributed by atoms with Gasteiger partial charge in [-0.2, -0.15) is 21.6 Å². The van der Waals surface area contributed by atoms with Crippen LogP contribution in [0.5, 0.6) is 5.75 Å². The maximum Gasteiger partial charge on any atom is 0.418 e. The first-order valence-electron chi connectivity index (χ1n) is 9.55. The highest BCUT2D eigenvalue weighted by Gasteiger charge is 2.33. The molecule has 0 radical (unpaired) electrons. The topological polar surface area (TPSA) is 162 Å². The number of hydrogen-bond donors (Lipinski definition) is 6. The van der Waals surface area contributed by atoms with Crippen LogP contribution in [0.4, 0.5) is 30.2 Å². The number of carbonyl (C=O) groups is 1. The number of nitrogens with one attached hydrogen (secondary N) is 2. The van der Waals surface area contributed by atoms with Gasteiger partial charge in [0, 0.05) is 42.0 Å². The highest BCUT2D eigenvalue weighted by atomic mass is 32.2. The normalized spacial score (nSPS) is 11.5. The number of phenols is 1. The first-order valence-corrected chi connectivity index (χ1v) is 11.0. The number of halogens is 3. The van der Waals surface area contributed by atoms with Crippen LogP contribution < -0.4 is 16.4 Å². The maximum absolute atomic E-state index is 12.4. The molecule has 0 aliphatic carbocycles. The molecule has 0 heterocycles. The minimum absolute atomic E-state index is 0.0221. The van der Waals surface area contributed by atoms with Gasteiger partial charge in [0.15, 0.2) is 0 Å². The van der Waals surface area contributed by atoms with Crippen molar-refractivity contribution in [2.75, 3.05) is 29.5 Å². The van der Waals surface area contributed by atoms with Gasteiger partial charge in [-0.25, -0.2) is 0 Å². The quantitative estimate of drug-likeness (QED) is 0.229. The van der Waals surface area contributed by atoms with Gasteiger partial charge in [-0.15, -0.1) is 0 Å². The smallest absolute Gasteiger partial charge is 0.418 e. The van der Waals surface area contributed by atoms with Crippen molar-refractivity contribution in [1.29, 1.82) is 0 Å². The number of rotatable bonds is 5. The van der Waals surface area contributed by atoms with Gasteiger partial charge >= 0.3 is 6.18 Å². The van der Waals surface area contributed by atoms with Crippen molar-refractivity contribution in [3.05, 3.63) is 54.1 Å². The molecule has 3 aromatic rings. The van der Waals surface area contributed by atoms with Crippen molar-refractivity contribution in [2.24, 2.45) is 0 Å². The highest BCUT2D eigenvalue weighted by molar-refractivity contribution is 7.85. The van der Waals surface area contributed by atoms with E-state index in [-0.39, 0.29) is 28.6 Å². The first kappa shape index (κ1) is 26.7. The Labute approximate surface area is 192 Å². The number of phenolic OH excluding ortho intramolecular Hbond substituents is 1. The zero-order valence-corrected chi connectivity index (χ0v) is 18.5. The number of aliphatic hydroxyl groups excluding tert-OH is 1. The van der Waals surface area contributed by atoms with E-state index < -0.39 is 27.8 Å². The molecule has 0 saturated carbocycles. The summed E-state index contributed by atoms with van der Waals surface area (Å²) in [6.45, 7) is 1.56. The fourth-order valence-corrected chi connectivity index (χ4v) is 3.39. The van der Waals surface area contributed by atoms with Crippen molar-refractivity contribution in [3.63, 3.8) is 0 Å². The summed E-state index contributed by atoms with van der Waals surface area (Å²) < 4.78 is 68.2. The summed E-state index contributed by atoms with van der Waals surface area (Å²) in [6, 6.07) is 10.4. The number of aromatic hydroxyl groups is 1. The first-order chi connectivity index (χ1) is 15.7. The Bertz CT molecular complexity index is 1300. The second-order valence-corrected chi connectivity index (χ2v) is 8.41. The van der Waals surface area contributed by atoms with Crippen molar-refractivity contribution in [3.8, 4) is 5.75 Å². The molecule has 9 nitrogen and oxygen atoms in total. The molecule has 0 aromatic heterocycles. The molecule has 0 aliphatic rings. The third-order valence-corrected chi connectivity index (χ3v) is 5.16. The SMILES string of the molecule is CC(=O)Nc1ccc(N)c(C(F)(F)F)c1.O=S(=O)(O)c1cc(O)c2cc(NCCO)ccc2c1. The summed E-state index contributed by atoms with van der Waals surface area (Å²) in [5, 5.41) is 24.6. The van der Waals surface area contributed by atoms with Crippen LogP contribution in [0.1, 0.15) is 12.5 Å². The molecule has 34 heavy (non-hydrogen) atoms. The van der Waals surface area contributed by atoms with Crippen molar-refractivity contribution < 1.29 is 41.1 Å². The van der Waals surface area contributed by atoms with Crippen LogP contribution in [0, 0.1) is 0 Å². The highest BCUT2D eigenvalue weighted by Crippen LogP contribution is 2.35. The largest absolute Gasteiger partial charge is 0.507 e. The standard InChI is InChI=1S/C12H13NO5S.C9H9F3N2O/c14-4-3-13-9-2-1-8-5-10(19(16,17)18)7-12(15)11(8)6-9;1-5(15)14-6-2-3-8(13)7(4-6)9(10,11)12/h1-2,5-7,13-15H,3-4H2,(H,16,17,18);2-4H,13H2,1H3,(H,14,15). The molecular formula is C21H22F3N3O6S. The Balaban J connectivity index is 0.000000248. The molecule has 0 saturated heterocycles. The van der Waals surface area contributed by atoms with E-state index in [0.29, 0.717) is 23.0 Å². The Morgan fingerprint density at radius 2 is 1.71 bits per heavy atom. The van der Waals surface area contributed by atoms with Gasteiger partial charge in [0.25, 0.3) is 10.1 Å². The van der Waals surface area contributed by atoms with E-state index in [1.807, 2.05) is 0 Å². The van der Waals surface area contributed by atoms with E-state index in [1.54, 1.807) is 18.2 Å². The molecule has 3 rings (SSSR count). The fraction of sp³-hybridized carbons (Fsp3) is 0.190. The van der Waals surface area contributed by atoms with Gasteiger partial charge in [-0.1, -0.05) is 6.07 Å². The van der Waals surface area contributed by atoms with E-state index in [2.05, 4.69) is 10.6 Å². The second kappa shape index (κ2) is 10.6. The number of aliphatic hydroxyl groups is 1. The minimum atomic E-state index is -4.52. The predicted octanol–water partition coefficient (Wildman–Crippen LogP) is 3.44. The van der Waals surface area contributed by atoms with Gasteiger partial charge in [-0.05, 0) is 41.8 Å². The van der Waals surface area contributed by atoms with E-state index in [0.717, 1.165) is 18.2 Å². The average Bonchev–Trinajstić information content (AvgIpc) is 2.72. The van der Waals surface area contributed by atoms with Gasteiger partial charge in [-0.3, -0.25) is 9.35 Å². The molecule has 184 valence electrons. The number of benzene rings is 3. The molecule has 13 heteroatoms. The molecule has 0 aliphatic heterocycles. The van der Waals surface area contributed by atoms with E-state index in [4.69, 9.17) is 15.4 Å². The number of alkyl halides is 3. The lowest BCUT2D eigenvalue weighted by Crippen LogP contribution is -2.11. The van der Waals surface area contributed by atoms with Crippen LogP contribution in [-0.2, 0) is 21.1 Å². The molecule has 3 aromatic carbocycles. The minimum Gasteiger partial charge on any atom is -0.507 e. The van der Waals surface area contributed by atoms with Crippen molar-refractivity contribution in [1.82, 2.24) is 0 Å². The molecule has 0 spiro atoms. The zero-order chi connectivity index (χ0) is 25.7. The van der Waals surface area contributed by atoms with Gasteiger partial charge in [0.05, 0.1) is 17.1 Å². The molecule has 0 bridgehead atoms. The second-order valence-electron chi connectivity index (χ2n) is 6.98. The van der Waals surface area contributed by atoms with Crippen LogP contribution in [0.25, 0.3) is 10.8 Å². The van der Waals surface area contributed by atoms with Crippen LogP contribution in [-0.4, -0.2) is 42.2 Å². The number of nitrogens with two attached hydrogens (primary N) is 1. The molecular weight excluding hydrogens is 479 g/mol. The number of nitrogen functional groups attached to an aromatic ring is 1. The summed E-state index contributed by atoms with van der Waals surface area (Å²) in [5.41, 5.74) is 4.62. The Morgan fingerprint density at radius 1 is 1.06 bits per heavy atom. The monoisotopic (exact) mass is 501 g/mol. The van der Waals surface area contributed by atoms with Gasteiger partial charge in [0.2, 0.25) is 5.91 Å². The molecule has 7 N–H and O–H groups in total. The van der Waals surface area contributed by atoms with Gasteiger partial charge in [0.1, 0.15) is 5.75 Å². The number of carbonyl (C=O) groups excluding carboxylic acids is 1. The summed E-state index contributed by atoms with van der Waals surface area (Å²) in [4.78, 5) is 10.3. The van der Waals surface area contributed by atoms with Crippen LogP contribution >= 0.6 is 0 Å². The maximum atomic E-state index is 12.4. The third-order valence-electron chi connectivity index (χ3n) is 4.32. The van der Waals surface area contributed by atoms with Crippen LogP contribution in [0.15, 0.2) is 53.4 Å². The summed E-state index contributed by atoms with van der Waals surface area (Å²) in [7, 11) is -4.35. The lowest BCUT2D eigenvalue weighted by Gasteiger charge is -2.11. The van der Waals surface area contributed by atoms with Crippen LogP contribution in [0.3, 0.4) is 0 Å². The predicted molar refractivity (Wildman–Crippen MR) is 121 cm³/mol. The van der Waals surface area contributed by atoms with Crippen molar-refractivity contribution >= 4 is 43.9 Å². The Hall–Kier alpha value is -3.55. The number of anilines is 3. The average molecular weight is 501 g/mol. The van der Waals surface area contributed by atoms with E-state index in [9.17, 15) is 31.5 Å². The number of fused-ring (bicyclic) bond motifs is 1. The number of hydrogen-bond acceptors (Lipinski definition) is 7. The van der Waals surface area contributed by atoms with E-state index >= 15 is 0 Å². The third kappa shape index (κ3) is 7.23. The fourth-order valence-electron chi connectivity index (χ4n) is 2.85.